The number of benzene rings is 2. The number of nitrogens with zero attached hydrogens (tertiary/aromatic N) is 2. The smallest absolute Gasteiger partial charge is 0.224 e. The van der Waals surface area contributed by atoms with Crippen LogP contribution in [0.3, 0.4) is 0 Å². The summed E-state index contributed by atoms with van der Waals surface area (Å²) in [6.45, 7) is 0. The Bertz CT molecular complexity index is 790. The van der Waals surface area contributed by atoms with Crippen molar-refractivity contribution in [2.24, 2.45) is 0 Å². The summed E-state index contributed by atoms with van der Waals surface area (Å²) < 4.78 is 0. The zero-order chi connectivity index (χ0) is 16.1. The molecule has 0 radical (unpaired) electrons. The molecule has 3 aromatic rings. The third-order valence-electron chi connectivity index (χ3n) is 3.39. The van der Waals surface area contributed by atoms with Crippen molar-refractivity contribution < 1.29 is 0 Å². The highest BCUT2D eigenvalue weighted by Gasteiger charge is 2.08. The summed E-state index contributed by atoms with van der Waals surface area (Å²) in [5, 5.41) is 6.42. The number of thioether (sulfide) groups is 1. The van der Waals surface area contributed by atoms with E-state index in [-0.39, 0.29) is 0 Å². The van der Waals surface area contributed by atoms with E-state index in [9.17, 15) is 0 Å². The Hall–Kier alpha value is -2.53. The molecule has 0 aliphatic rings. The topological polar surface area (TPSA) is 49.8 Å². The van der Waals surface area contributed by atoms with E-state index in [0.717, 1.165) is 22.8 Å². The van der Waals surface area contributed by atoms with E-state index >= 15 is 0 Å². The number of para-hydroxylation sites is 1. The average Bonchev–Trinajstić information content (AvgIpc) is 2.62. The van der Waals surface area contributed by atoms with Crippen LogP contribution < -0.4 is 10.6 Å². The molecule has 2 aromatic carbocycles. The van der Waals surface area contributed by atoms with E-state index in [4.69, 9.17) is 0 Å². The van der Waals surface area contributed by atoms with Gasteiger partial charge in [-0.15, -0.1) is 11.8 Å². The second kappa shape index (κ2) is 7.15. The molecule has 5 heteroatoms. The molecule has 0 amide bonds. The number of nitrogens with one attached hydrogen (secondary N) is 2. The summed E-state index contributed by atoms with van der Waals surface area (Å²) in [7, 11) is 1.82. The fourth-order valence-electron chi connectivity index (χ4n) is 2.27. The van der Waals surface area contributed by atoms with Crippen LogP contribution in [-0.4, -0.2) is 23.3 Å². The Balaban J connectivity index is 1.99. The minimum atomic E-state index is 0.593. The number of aromatic nitrogens is 2. The molecule has 0 saturated heterocycles. The second-order valence-corrected chi connectivity index (χ2v) is 5.75. The molecule has 4 nitrogen and oxygen atoms in total. The molecule has 0 bridgehead atoms. The molecule has 0 saturated carbocycles. The fourth-order valence-corrected chi connectivity index (χ4v) is 2.82. The monoisotopic (exact) mass is 322 g/mol. The van der Waals surface area contributed by atoms with Crippen molar-refractivity contribution in [3.8, 4) is 11.3 Å². The van der Waals surface area contributed by atoms with Gasteiger partial charge in [-0.25, -0.2) is 4.98 Å². The van der Waals surface area contributed by atoms with Crippen molar-refractivity contribution in [1.29, 1.82) is 0 Å². The van der Waals surface area contributed by atoms with Crippen molar-refractivity contribution in [2.45, 2.75) is 4.90 Å². The largest absolute Gasteiger partial charge is 0.357 e. The molecule has 2 N–H and O–H groups in total. The predicted molar refractivity (Wildman–Crippen MR) is 98.5 cm³/mol. The van der Waals surface area contributed by atoms with Gasteiger partial charge in [0.25, 0.3) is 0 Å². The molecule has 0 aliphatic heterocycles. The number of rotatable bonds is 5. The molecule has 0 fully saturated rings. The van der Waals surface area contributed by atoms with E-state index < -0.39 is 0 Å². The third-order valence-corrected chi connectivity index (χ3v) is 4.18. The van der Waals surface area contributed by atoms with E-state index in [1.165, 1.54) is 4.90 Å². The Morgan fingerprint density at radius 1 is 0.913 bits per heavy atom. The summed E-state index contributed by atoms with van der Waals surface area (Å²) in [6, 6.07) is 20.2. The number of hydrogen-bond donors (Lipinski definition) is 2. The van der Waals surface area contributed by atoms with Gasteiger partial charge in [-0.1, -0.05) is 42.5 Å². The lowest BCUT2D eigenvalue weighted by Gasteiger charge is -2.12. The van der Waals surface area contributed by atoms with Crippen molar-refractivity contribution >= 4 is 29.2 Å². The van der Waals surface area contributed by atoms with Gasteiger partial charge in [0.05, 0.1) is 11.4 Å². The molecule has 23 heavy (non-hydrogen) atoms. The summed E-state index contributed by atoms with van der Waals surface area (Å²) in [4.78, 5) is 10.2. The van der Waals surface area contributed by atoms with Crippen molar-refractivity contribution in [3.63, 3.8) is 0 Å². The molecule has 1 aromatic heterocycles. The standard InChI is InChI=1S/C18H18N4S/c1-19-18-21-15(13-8-4-3-5-9-13)12-17(22-18)20-14-10-6-7-11-16(14)23-2/h3-12H,1-2H3,(H2,19,20,21,22). The summed E-state index contributed by atoms with van der Waals surface area (Å²) in [5.41, 5.74) is 2.99. The van der Waals surface area contributed by atoms with Crippen LogP contribution in [0.5, 0.6) is 0 Å². The maximum absolute atomic E-state index is 4.54. The Morgan fingerprint density at radius 2 is 1.65 bits per heavy atom. The predicted octanol–water partition coefficient (Wildman–Crippen LogP) is 4.65. The van der Waals surface area contributed by atoms with Crippen LogP contribution in [0.25, 0.3) is 11.3 Å². The molecular weight excluding hydrogens is 304 g/mol. The quantitative estimate of drug-likeness (QED) is 0.670. The van der Waals surface area contributed by atoms with Crippen LogP contribution in [0.2, 0.25) is 0 Å². The zero-order valence-electron chi connectivity index (χ0n) is 13.1. The summed E-state index contributed by atoms with van der Waals surface area (Å²) in [5.74, 6) is 1.36. The molecule has 116 valence electrons. The Labute approximate surface area is 140 Å². The van der Waals surface area contributed by atoms with Crippen LogP contribution in [0.4, 0.5) is 17.5 Å². The first-order chi connectivity index (χ1) is 11.3. The van der Waals surface area contributed by atoms with E-state index in [2.05, 4.69) is 39.0 Å². The maximum atomic E-state index is 4.54. The van der Waals surface area contributed by atoms with Gasteiger partial charge in [0, 0.05) is 23.6 Å². The van der Waals surface area contributed by atoms with Crippen LogP contribution in [0, 0.1) is 0 Å². The lowest BCUT2D eigenvalue weighted by molar-refractivity contribution is 1.15. The minimum Gasteiger partial charge on any atom is -0.357 e. The molecule has 0 spiro atoms. The van der Waals surface area contributed by atoms with Crippen molar-refractivity contribution in [3.05, 3.63) is 60.7 Å². The zero-order valence-corrected chi connectivity index (χ0v) is 13.9. The fraction of sp³-hybridized carbons (Fsp3) is 0.111. The van der Waals surface area contributed by atoms with Gasteiger partial charge in [0.2, 0.25) is 5.95 Å². The van der Waals surface area contributed by atoms with Gasteiger partial charge in [0.15, 0.2) is 0 Å². The summed E-state index contributed by atoms with van der Waals surface area (Å²) in [6.07, 6.45) is 2.06. The lowest BCUT2D eigenvalue weighted by Crippen LogP contribution is -2.02. The van der Waals surface area contributed by atoms with E-state index in [1.807, 2.05) is 55.6 Å². The molecule has 1 heterocycles. The highest BCUT2D eigenvalue weighted by atomic mass is 32.2. The van der Waals surface area contributed by atoms with Gasteiger partial charge >= 0.3 is 0 Å². The average molecular weight is 322 g/mol. The molecule has 0 unspecified atom stereocenters. The SMILES string of the molecule is CNc1nc(Nc2ccccc2SC)cc(-c2ccccc2)n1. The van der Waals surface area contributed by atoms with Crippen molar-refractivity contribution in [2.75, 3.05) is 23.9 Å². The third kappa shape index (κ3) is 3.63. The highest BCUT2D eigenvalue weighted by molar-refractivity contribution is 7.98. The lowest BCUT2D eigenvalue weighted by atomic mass is 10.1. The van der Waals surface area contributed by atoms with E-state index in [1.54, 1.807) is 11.8 Å². The normalized spacial score (nSPS) is 10.3. The van der Waals surface area contributed by atoms with Gasteiger partial charge in [-0.2, -0.15) is 4.98 Å². The number of anilines is 3. The maximum Gasteiger partial charge on any atom is 0.224 e. The highest BCUT2D eigenvalue weighted by Crippen LogP contribution is 2.29. The van der Waals surface area contributed by atoms with Crippen LogP contribution in [0.15, 0.2) is 65.6 Å². The van der Waals surface area contributed by atoms with Crippen LogP contribution >= 0.6 is 11.8 Å². The summed E-state index contributed by atoms with van der Waals surface area (Å²) >= 11 is 1.70. The second-order valence-electron chi connectivity index (χ2n) is 4.90. The first-order valence-corrected chi connectivity index (χ1v) is 8.55. The molecule has 0 atom stereocenters. The van der Waals surface area contributed by atoms with Crippen molar-refractivity contribution in [1.82, 2.24) is 9.97 Å². The van der Waals surface area contributed by atoms with Gasteiger partial charge in [0.1, 0.15) is 5.82 Å². The van der Waals surface area contributed by atoms with Gasteiger partial charge in [-0.05, 0) is 18.4 Å². The Kier molecular flexibility index (Phi) is 4.78. The molecular formula is C18H18N4S. The van der Waals surface area contributed by atoms with Gasteiger partial charge in [-0.3, -0.25) is 0 Å². The minimum absolute atomic E-state index is 0.593. The van der Waals surface area contributed by atoms with Crippen LogP contribution in [0.1, 0.15) is 0 Å². The first kappa shape index (κ1) is 15.4. The van der Waals surface area contributed by atoms with Crippen LogP contribution in [-0.2, 0) is 0 Å². The molecule has 0 aliphatic carbocycles. The molecule has 3 rings (SSSR count). The first-order valence-electron chi connectivity index (χ1n) is 7.32. The Morgan fingerprint density at radius 3 is 2.39 bits per heavy atom. The number of hydrogen-bond acceptors (Lipinski definition) is 5. The van der Waals surface area contributed by atoms with E-state index in [0.29, 0.717) is 5.95 Å². The van der Waals surface area contributed by atoms with Gasteiger partial charge < -0.3 is 10.6 Å².